The van der Waals surface area contributed by atoms with E-state index in [1.165, 1.54) is 12.1 Å². The molecule has 1 heterocycles. The van der Waals surface area contributed by atoms with Crippen LogP contribution in [0.3, 0.4) is 0 Å². The van der Waals surface area contributed by atoms with Gasteiger partial charge in [0.05, 0.1) is 22.6 Å². The molecule has 0 spiro atoms. The second kappa shape index (κ2) is 9.74. The lowest BCUT2D eigenvalue weighted by atomic mass is 10.1. The summed E-state index contributed by atoms with van der Waals surface area (Å²) in [6, 6.07) is 8.00. The van der Waals surface area contributed by atoms with Gasteiger partial charge >= 0.3 is 5.97 Å². The molecule has 9 heteroatoms. The zero-order valence-corrected chi connectivity index (χ0v) is 18.9. The van der Waals surface area contributed by atoms with Crippen molar-refractivity contribution in [1.29, 1.82) is 0 Å². The van der Waals surface area contributed by atoms with Gasteiger partial charge in [-0.1, -0.05) is 6.92 Å². The molecule has 0 amide bonds. The molecule has 0 saturated carbocycles. The summed E-state index contributed by atoms with van der Waals surface area (Å²) in [5.41, 5.74) is 1.72. The van der Waals surface area contributed by atoms with Crippen LogP contribution in [0.4, 0.5) is 5.69 Å². The molecule has 0 saturated heterocycles. The summed E-state index contributed by atoms with van der Waals surface area (Å²) < 4.78 is 17.4. The number of halogens is 1. The SMILES string of the molecule is CCCOc1c(Br)cc(/C=C2\N=C(c3ccc([N+](=O)[O-])c(C)c3)OC2=O)cc1OCC. The van der Waals surface area contributed by atoms with Gasteiger partial charge in [0.25, 0.3) is 5.69 Å². The number of carbonyl (C=O) groups excluding carboxylic acids is 1. The molecule has 0 fully saturated rings. The molecule has 0 atom stereocenters. The molecule has 1 aliphatic heterocycles. The highest BCUT2D eigenvalue weighted by Gasteiger charge is 2.25. The van der Waals surface area contributed by atoms with Gasteiger partial charge in [-0.25, -0.2) is 9.79 Å². The van der Waals surface area contributed by atoms with E-state index in [0.29, 0.717) is 45.9 Å². The summed E-state index contributed by atoms with van der Waals surface area (Å²) in [6.45, 7) is 6.51. The Kier molecular flexibility index (Phi) is 7.06. The van der Waals surface area contributed by atoms with E-state index < -0.39 is 10.9 Å². The summed E-state index contributed by atoms with van der Waals surface area (Å²) in [7, 11) is 0. The van der Waals surface area contributed by atoms with Crippen molar-refractivity contribution < 1.29 is 23.9 Å². The fraction of sp³-hybridized carbons (Fsp3) is 0.273. The zero-order chi connectivity index (χ0) is 22.5. The highest BCUT2D eigenvalue weighted by atomic mass is 79.9. The molecule has 1 aliphatic rings. The Morgan fingerprint density at radius 1 is 1.23 bits per heavy atom. The quantitative estimate of drug-likeness (QED) is 0.219. The second-order valence-electron chi connectivity index (χ2n) is 6.71. The Labute approximate surface area is 187 Å². The maximum Gasteiger partial charge on any atom is 0.363 e. The van der Waals surface area contributed by atoms with Crippen LogP contribution >= 0.6 is 15.9 Å². The van der Waals surface area contributed by atoms with Crippen molar-refractivity contribution in [3.63, 3.8) is 0 Å². The first-order valence-corrected chi connectivity index (χ1v) is 10.5. The number of hydrogen-bond donors (Lipinski definition) is 0. The monoisotopic (exact) mass is 488 g/mol. The number of nitro groups is 1. The smallest absolute Gasteiger partial charge is 0.363 e. The number of ether oxygens (including phenoxy) is 3. The average molecular weight is 489 g/mol. The largest absolute Gasteiger partial charge is 0.490 e. The summed E-state index contributed by atoms with van der Waals surface area (Å²) >= 11 is 3.50. The van der Waals surface area contributed by atoms with Crippen LogP contribution in [0.2, 0.25) is 0 Å². The standard InChI is InChI=1S/C22H21BrN2O6/c1-4-8-30-20-16(23)10-14(12-19(20)29-5-2)11-17-22(26)31-21(24-17)15-6-7-18(25(27)28)13(3)9-15/h6-7,9-12H,4-5,8H2,1-3H3/b17-11-. The first-order chi connectivity index (χ1) is 14.8. The molecular weight excluding hydrogens is 468 g/mol. The van der Waals surface area contributed by atoms with E-state index in [4.69, 9.17) is 14.2 Å². The van der Waals surface area contributed by atoms with Crippen molar-refractivity contribution in [3.8, 4) is 11.5 Å². The third kappa shape index (κ3) is 5.11. The first-order valence-electron chi connectivity index (χ1n) is 9.71. The molecule has 2 aromatic carbocycles. The van der Waals surface area contributed by atoms with Crippen molar-refractivity contribution >= 4 is 39.6 Å². The zero-order valence-electron chi connectivity index (χ0n) is 17.3. The van der Waals surface area contributed by atoms with E-state index in [2.05, 4.69) is 20.9 Å². The fourth-order valence-electron chi connectivity index (χ4n) is 2.96. The molecule has 0 radical (unpaired) electrons. The number of benzene rings is 2. The van der Waals surface area contributed by atoms with Gasteiger partial charge in [0.2, 0.25) is 5.90 Å². The molecule has 3 rings (SSSR count). The molecular formula is C22H21BrN2O6. The molecule has 0 bridgehead atoms. The van der Waals surface area contributed by atoms with Crippen LogP contribution in [-0.2, 0) is 9.53 Å². The third-order valence-corrected chi connectivity index (χ3v) is 4.94. The number of aliphatic imine (C=N–C) groups is 1. The predicted octanol–water partition coefficient (Wildman–Crippen LogP) is 5.20. The van der Waals surface area contributed by atoms with Gasteiger partial charge in [0, 0.05) is 17.2 Å². The van der Waals surface area contributed by atoms with Gasteiger partial charge in [0.15, 0.2) is 17.2 Å². The Morgan fingerprint density at radius 3 is 2.65 bits per heavy atom. The first kappa shape index (κ1) is 22.5. The number of cyclic esters (lactones) is 1. The Morgan fingerprint density at radius 2 is 2.00 bits per heavy atom. The van der Waals surface area contributed by atoms with E-state index in [0.717, 1.165) is 6.42 Å². The molecule has 2 aromatic rings. The number of nitro benzene ring substituents is 1. The minimum atomic E-state index is -0.605. The maximum atomic E-state index is 12.3. The minimum absolute atomic E-state index is 0.0110. The van der Waals surface area contributed by atoms with E-state index in [1.54, 1.807) is 31.2 Å². The molecule has 0 unspecified atom stereocenters. The van der Waals surface area contributed by atoms with Gasteiger partial charge < -0.3 is 14.2 Å². The molecule has 162 valence electrons. The highest BCUT2D eigenvalue weighted by molar-refractivity contribution is 9.10. The van der Waals surface area contributed by atoms with E-state index >= 15 is 0 Å². The molecule has 0 aliphatic carbocycles. The number of nitrogens with zero attached hydrogens (tertiary/aromatic N) is 2. The van der Waals surface area contributed by atoms with Gasteiger partial charge in [-0.3, -0.25) is 10.1 Å². The van der Waals surface area contributed by atoms with E-state index in [-0.39, 0.29) is 17.3 Å². The predicted molar refractivity (Wildman–Crippen MR) is 120 cm³/mol. The minimum Gasteiger partial charge on any atom is -0.490 e. The van der Waals surface area contributed by atoms with Crippen molar-refractivity contribution in [1.82, 2.24) is 0 Å². The number of aryl methyl sites for hydroxylation is 1. The second-order valence-corrected chi connectivity index (χ2v) is 7.56. The highest BCUT2D eigenvalue weighted by Crippen LogP contribution is 2.38. The van der Waals surface area contributed by atoms with Gasteiger partial charge in [-0.2, -0.15) is 0 Å². The topological polar surface area (TPSA) is 100 Å². The van der Waals surface area contributed by atoms with E-state index in [1.807, 2.05) is 13.8 Å². The maximum absolute atomic E-state index is 12.3. The molecule has 0 N–H and O–H groups in total. The van der Waals surface area contributed by atoms with Crippen molar-refractivity contribution in [2.75, 3.05) is 13.2 Å². The summed E-state index contributed by atoms with van der Waals surface area (Å²) in [6.07, 6.45) is 2.44. The Balaban J connectivity index is 1.94. The van der Waals surface area contributed by atoms with Crippen LogP contribution < -0.4 is 9.47 Å². The number of esters is 1. The van der Waals surface area contributed by atoms with Crippen LogP contribution in [0.25, 0.3) is 6.08 Å². The van der Waals surface area contributed by atoms with Crippen LogP contribution in [-0.4, -0.2) is 30.0 Å². The molecule has 31 heavy (non-hydrogen) atoms. The van der Waals surface area contributed by atoms with Crippen molar-refractivity contribution in [2.24, 2.45) is 4.99 Å². The average Bonchev–Trinajstić information content (AvgIpc) is 3.07. The van der Waals surface area contributed by atoms with Crippen molar-refractivity contribution in [3.05, 3.63) is 67.3 Å². The Bertz CT molecular complexity index is 1090. The third-order valence-electron chi connectivity index (χ3n) is 4.35. The van der Waals surface area contributed by atoms with Crippen LogP contribution in [0, 0.1) is 17.0 Å². The van der Waals surface area contributed by atoms with Gasteiger partial charge in [-0.15, -0.1) is 0 Å². The molecule has 8 nitrogen and oxygen atoms in total. The van der Waals surface area contributed by atoms with Gasteiger partial charge in [0.1, 0.15) is 0 Å². The summed E-state index contributed by atoms with van der Waals surface area (Å²) in [5.74, 6) is 0.650. The fourth-order valence-corrected chi connectivity index (χ4v) is 3.54. The van der Waals surface area contributed by atoms with Crippen LogP contribution in [0.15, 0.2) is 45.5 Å². The molecule has 0 aromatic heterocycles. The number of carbonyl (C=O) groups is 1. The van der Waals surface area contributed by atoms with Gasteiger partial charge in [-0.05, 0) is 72.1 Å². The lowest BCUT2D eigenvalue weighted by molar-refractivity contribution is -0.385. The van der Waals surface area contributed by atoms with Crippen LogP contribution in [0.1, 0.15) is 37.0 Å². The van der Waals surface area contributed by atoms with E-state index in [9.17, 15) is 14.9 Å². The van der Waals surface area contributed by atoms with Crippen LogP contribution in [0.5, 0.6) is 11.5 Å². The normalized spacial score (nSPS) is 14.4. The number of rotatable bonds is 8. The Hall–Kier alpha value is -3.20. The summed E-state index contributed by atoms with van der Waals surface area (Å²) in [5, 5.41) is 11.0. The summed E-state index contributed by atoms with van der Waals surface area (Å²) in [4.78, 5) is 27.2. The van der Waals surface area contributed by atoms with Crippen molar-refractivity contribution in [2.45, 2.75) is 27.2 Å². The lowest BCUT2D eigenvalue weighted by Crippen LogP contribution is -2.06. The lowest BCUT2D eigenvalue weighted by Gasteiger charge is -2.14. The number of hydrogen-bond acceptors (Lipinski definition) is 7.